The van der Waals surface area contributed by atoms with Crippen LogP contribution in [-0.4, -0.2) is 43.2 Å². The molecule has 24 heavy (non-hydrogen) atoms. The largest absolute Gasteiger partial charge is 0.486 e. The number of piperidine rings is 1. The van der Waals surface area contributed by atoms with Crippen molar-refractivity contribution in [3.63, 3.8) is 0 Å². The van der Waals surface area contributed by atoms with Crippen LogP contribution in [0, 0.1) is 5.41 Å². The van der Waals surface area contributed by atoms with Crippen molar-refractivity contribution in [2.24, 2.45) is 11.1 Å². The van der Waals surface area contributed by atoms with Gasteiger partial charge in [-0.15, -0.1) is 12.4 Å². The molecule has 2 heterocycles. The van der Waals surface area contributed by atoms with Gasteiger partial charge in [0.15, 0.2) is 11.5 Å². The third kappa shape index (κ3) is 4.14. The molecule has 1 atom stereocenters. The molecule has 2 aliphatic heterocycles. The minimum atomic E-state index is -0.00902. The van der Waals surface area contributed by atoms with Gasteiger partial charge in [-0.1, -0.05) is 19.9 Å². The number of ether oxygens (including phenoxy) is 2. The van der Waals surface area contributed by atoms with Crippen molar-refractivity contribution in [1.82, 2.24) is 4.90 Å². The fraction of sp³-hybridized carbons (Fsp3) is 0.611. The number of halogens is 1. The maximum atomic E-state index is 12.5. The fourth-order valence-electron chi connectivity index (χ4n) is 3.24. The molecule has 1 unspecified atom stereocenters. The molecule has 134 valence electrons. The number of benzene rings is 1. The van der Waals surface area contributed by atoms with Crippen molar-refractivity contribution >= 4 is 18.3 Å². The van der Waals surface area contributed by atoms with Gasteiger partial charge in [0.05, 0.1) is 0 Å². The summed E-state index contributed by atoms with van der Waals surface area (Å²) in [4.78, 5) is 14.4. The molecule has 0 spiro atoms. The Hall–Kier alpha value is -1.46. The predicted octanol–water partition coefficient (Wildman–Crippen LogP) is 2.40. The highest BCUT2D eigenvalue weighted by Crippen LogP contribution is 2.31. The first kappa shape index (κ1) is 18.9. The van der Waals surface area contributed by atoms with Crippen LogP contribution in [0.3, 0.4) is 0 Å². The standard InChI is InChI=1S/C18H26N2O3.ClH/c1-18(2)12-20(8-7-16(18)19)17(21)6-4-13-3-5-14-15(11-13)23-10-9-22-14;/h3,5,11,16H,4,6-10,12,19H2,1-2H3;1H. The first-order chi connectivity index (χ1) is 11.0. The van der Waals surface area contributed by atoms with Gasteiger partial charge in [0, 0.05) is 25.6 Å². The molecule has 1 aromatic carbocycles. The van der Waals surface area contributed by atoms with Crippen molar-refractivity contribution in [2.75, 3.05) is 26.3 Å². The van der Waals surface area contributed by atoms with Crippen LogP contribution in [0.2, 0.25) is 0 Å². The van der Waals surface area contributed by atoms with Crippen LogP contribution in [0.5, 0.6) is 11.5 Å². The van der Waals surface area contributed by atoms with E-state index in [4.69, 9.17) is 15.2 Å². The summed E-state index contributed by atoms with van der Waals surface area (Å²) in [6.45, 7) is 6.96. The number of nitrogens with two attached hydrogens (primary N) is 1. The molecule has 3 rings (SSSR count). The molecule has 0 aliphatic carbocycles. The number of carbonyl (C=O) groups excluding carboxylic acids is 1. The summed E-state index contributed by atoms with van der Waals surface area (Å²) in [5, 5.41) is 0. The fourth-order valence-corrected chi connectivity index (χ4v) is 3.24. The van der Waals surface area contributed by atoms with Gasteiger partial charge in [-0.2, -0.15) is 0 Å². The van der Waals surface area contributed by atoms with E-state index < -0.39 is 0 Å². The quantitative estimate of drug-likeness (QED) is 0.905. The van der Waals surface area contributed by atoms with Gasteiger partial charge in [-0.3, -0.25) is 4.79 Å². The normalized spacial score (nSPS) is 21.8. The highest BCUT2D eigenvalue weighted by atomic mass is 35.5. The van der Waals surface area contributed by atoms with Crippen molar-refractivity contribution in [3.05, 3.63) is 23.8 Å². The van der Waals surface area contributed by atoms with E-state index in [2.05, 4.69) is 13.8 Å². The lowest BCUT2D eigenvalue weighted by atomic mass is 9.79. The van der Waals surface area contributed by atoms with Gasteiger partial charge >= 0.3 is 0 Å². The Morgan fingerprint density at radius 1 is 1.29 bits per heavy atom. The van der Waals surface area contributed by atoms with Crippen molar-refractivity contribution in [3.8, 4) is 11.5 Å². The lowest BCUT2D eigenvalue weighted by Gasteiger charge is -2.42. The average Bonchev–Trinajstić information content (AvgIpc) is 2.55. The number of amides is 1. The predicted molar refractivity (Wildman–Crippen MR) is 96.0 cm³/mol. The number of aryl methyl sites for hydroxylation is 1. The highest BCUT2D eigenvalue weighted by molar-refractivity contribution is 5.85. The molecular weight excluding hydrogens is 328 g/mol. The van der Waals surface area contributed by atoms with Crippen LogP contribution in [-0.2, 0) is 11.2 Å². The smallest absolute Gasteiger partial charge is 0.222 e. The minimum absolute atomic E-state index is 0. The van der Waals surface area contributed by atoms with Crippen LogP contribution in [0.15, 0.2) is 18.2 Å². The molecule has 1 fully saturated rings. The summed E-state index contributed by atoms with van der Waals surface area (Å²) in [5.74, 6) is 1.78. The van der Waals surface area contributed by atoms with E-state index in [9.17, 15) is 4.79 Å². The molecular formula is C18H27ClN2O3. The second-order valence-electron chi connectivity index (χ2n) is 7.18. The molecule has 0 radical (unpaired) electrons. The molecule has 6 heteroatoms. The summed E-state index contributed by atoms with van der Waals surface area (Å²) in [6.07, 6.45) is 2.12. The van der Waals surface area contributed by atoms with Crippen LogP contribution in [0.25, 0.3) is 0 Å². The van der Waals surface area contributed by atoms with Gasteiger partial charge in [-0.25, -0.2) is 0 Å². The van der Waals surface area contributed by atoms with E-state index in [1.54, 1.807) is 0 Å². The van der Waals surface area contributed by atoms with Gasteiger partial charge in [0.25, 0.3) is 0 Å². The highest BCUT2D eigenvalue weighted by Gasteiger charge is 2.35. The maximum absolute atomic E-state index is 12.5. The zero-order valence-corrected chi connectivity index (χ0v) is 15.2. The summed E-state index contributed by atoms with van der Waals surface area (Å²) >= 11 is 0. The lowest BCUT2D eigenvalue weighted by Crippen LogP contribution is -2.54. The molecule has 1 amide bonds. The van der Waals surface area contributed by atoms with E-state index in [-0.39, 0.29) is 29.8 Å². The Balaban J connectivity index is 0.00000208. The monoisotopic (exact) mass is 354 g/mol. The third-order valence-corrected chi connectivity index (χ3v) is 4.90. The van der Waals surface area contributed by atoms with Crippen molar-refractivity contribution in [2.45, 2.75) is 39.2 Å². The molecule has 0 saturated carbocycles. The van der Waals surface area contributed by atoms with Gasteiger partial charge in [0.1, 0.15) is 13.2 Å². The molecule has 2 N–H and O–H groups in total. The number of fused-ring (bicyclic) bond motifs is 1. The summed E-state index contributed by atoms with van der Waals surface area (Å²) in [7, 11) is 0. The molecule has 1 aromatic rings. The average molecular weight is 355 g/mol. The first-order valence-electron chi connectivity index (χ1n) is 8.37. The Morgan fingerprint density at radius 2 is 2.00 bits per heavy atom. The number of nitrogens with zero attached hydrogens (tertiary/aromatic N) is 1. The first-order valence-corrected chi connectivity index (χ1v) is 8.37. The van der Waals surface area contributed by atoms with Crippen LogP contribution < -0.4 is 15.2 Å². The summed E-state index contributed by atoms with van der Waals surface area (Å²) in [6, 6.07) is 6.09. The van der Waals surface area contributed by atoms with Gasteiger partial charge in [0.2, 0.25) is 5.91 Å². The van der Waals surface area contributed by atoms with E-state index in [0.717, 1.165) is 43.0 Å². The SMILES string of the molecule is CC1(C)CN(C(=O)CCc2ccc3c(c2)OCCO3)CCC1N.Cl. The Bertz CT molecular complexity index is 592. The number of likely N-dealkylation sites (tertiary alicyclic amines) is 1. The summed E-state index contributed by atoms with van der Waals surface area (Å²) in [5.41, 5.74) is 7.24. The molecule has 5 nitrogen and oxygen atoms in total. The van der Waals surface area contributed by atoms with E-state index in [1.807, 2.05) is 23.1 Å². The molecule has 0 aromatic heterocycles. The number of hydrogen-bond donors (Lipinski definition) is 1. The Morgan fingerprint density at radius 3 is 2.71 bits per heavy atom. The number of rotatable bonds is 3. The zero-order valence-electron chi connectivity index (χ0n) is 14.4. The second-order valence-corrected chi connectivity index (χ2v) is 7.18. The topological polar surface area (TPSA) is 64.8 Å². The second kappa shape index (κ2) is 7.62. The Kier molecular flexibility index (Phi) is 5.99. The van der Waals surface area contributed by atoms with E-state index in [0.29, 0.717) is 19.6 Å². The van der Waals surface area contributed by atoms with E-state index in [1.165, 1.54) is 0 Å². The van der Waals surface area contributed by atoms with Crippen LogP contribution >= 0.6 is 12.4 Å². The van der Waals surface area contributed by atoms with Gasteiger partial charge < -0.3 is 20.1 Å². The van der Waals surface area contributed by atoms with Crippen molar-refractivity contribution < 1.29 is 14.3 Å². The maximum Gasteiger partial charge on any atom is 0.222 e. The lowest BCUT2D eigenvalue weighted by molar-refractivity contribution is -0.134. The minimum Gasteiger partial charge on any atom is -0.486 e. The third-order valence-electron chi connectivity index (χ3n) is 4.90. The zero-order chi connectivity index (χ0) is 16.4. The number of carbonyl (C=O) groups is 1. The van der Waals surface area contributed by atoms with Crippen LogP contribution in [0.1, 0.15) is 32.3 Å². The van der Waals surface area contributed by atoms with E-state index >= 15 is 0 Å². The molecule has 0 bridgehead atoms. The van der Waals surface area contributed by atoms with Crippen LogP contribution in [0.4, 0.5) is 0 Å². The van der Waals surface area contributed by atoms with Gasteiger partial charge in [-0.05, 0) is 36.0 Å². The van der Waals surface area contributed by atoms with Crippen molar-refractivity contribution in [1.29, 1.82) is 0 Å². The number of hydrogen-bond acceptors (Lipinski definition) is 4. The molecule has 2 aliphatic rings. The Labute approximate surface area is 149 Å². The summed E-state index contributed by atoms with van der Waals surface area (Å²) < 4.78 is 11.1. The molecule has 1 saturated heterocycles.